The Morgan fingerprint density at radius 1 is 1.30 bits per heavy atom. The number of carbonyl (C=O) groups excluding carboxylic acids is 1. The van der Waals surface area contributed by atoms with E-state index < -0.39 is 0 Å². The van der Waals surface area contributed by atoms with Gasteiger partial charge in [0.1, 0.15) is 11.9 Å². The summed E-state index contributed by atoms with van der Waals surface area (Å²) >= 11 is 0. The smallest absolute Gasteiger partial charge is 0.318 e. The highest BCUT2D eigenvalue weighted by molar-refractivity contribution is 5.75. The van der Waals surface area contributed by atoms with E-state index in [9.17, 15) is 9.18 Å². The summed E-state index contributed by atoms with van der Waals surface area (Å²) in [6.07, 6.45) is 0.568. The van der Waals surface area contributed by atoms with Crippen LogP contribution >= 0.6 is 0 Å². The summed E-state index contributed by atoms with van der Waals surface area (Å²) in [7, 11) is 1.60. The highest BCUT2D eigenvalue weighted by Gasteiger charge is 2.26. The molecule has 1 saturated heterocycles. The van der Waals surface area contributed by atoms with Gasteiger partial charge in [-0.2, -0.15) is 0 Å². The molecule has 0 aliphatic carbocycles. The first-order valence-electron chi connectivity index (χ1n) is 10.2. The third-order valence-electron chi connectivity index (χ3n) is 5.06. The number of urea groups is 1. The molecule has 0 saturated carbocycles. The largest absolute Gasteiger partial charge is 0.493 e. The topological polar surface area (TPSA) is 60.0 Å². The molecule has 1 fully saturated rings. The van der Waals surface area contributed by atoms with E-state index in [2.05, 4.69) is 5.32 Å². The molecule has 1 N–H and O–H groups in total. The number of nitrogens with one attached hydrogen (secondary N) is 1. The van der Waals surface area contributed by atoms with Gasteiger partial charge in [-0.1, -0.05) is 25.1 Å². The second-order valence-corrected chi connectivity index (χ2v) is 7.29. The fraction of sp³-hybridized carbons (Fsp3) is 0.435. The van der Waals surface area contributed by atoms with E-state index in [-0.39, 0.29) is 24.0 Å². The van der Waals surface area contributed by atoms with Crippen molar-refractivity contribution < 1.29 is 23.4 Å². The first-order chi connectivity index (χ1) is 14.5. The Morgan fingerprint density at radius 2 is 2.13 bits per heavy atom. The Kier molecular flexibility index (Phi) is 7.52. The highest BCUT2D eigenvalue weighted by atomic mass is 19.1. The maximum absolute atomic E-state index is 13.5. The van der Waals surface area contributed by atoms with Gasteiger partial charge < -0.3 is 24.4 Å². The molecule has 0 bridgehead atoms. The van der Waals surface area contributed by atoms with E-state index >= 15 is 0 Å². The van der Waals surface area contributed by atoms with Gasteiger partial charge in [0, 0.05) is 6.54 Å². The molecule has 1 aliphatic rings. The third kappa shape index (κ3) is 5.42. The van der Waals surface area contributed by atoms with E-state index in [0.29, 0.717) is 37.8 Å². The van der Waals surface area contributed by atoms with Crippen LogP contribution in [0.5, 0.6) is 11.5 Å². The standard InChI is InChI=1S/C23H29FN2O4/c1-4-11-29-20-9-8-17(14-21(20)28-3)16(2)25-23(27)26-10-12-30-22(15-26)18-6-5-7-19(24)13-18/h5-9,13-14,16,22H,4,10-12,15H2,1-3H3,(H,25,27). The van der Waals surface area contributed by atoms with Crippen LogP contribution in [0.2, 0.25) is 0 Å². The quantitative estimate of drug-likeness (QED) is 0.724. The average molecular weight is 416 g/mol. The van der Waals surface area contributed by atoms with Crippen LogP contribution in [0.15, 0.2) is 42.5 Å². The van der Waals surface area contributed by atoms with Crippen LogP contribution in [0.25, 0.3) is 0 Å². The number of rotatable bonds is 7. The molecule has 2 unspecified atom stereocenters. The molecule has 30 heavy (non-hydrogen) atoms. The van der Waals surface area contributed by atoms with E-state index in [1.807, 2.05) is 38.1 Å². The van der Waals surface area contributed by atoms with Gasteiger partial charge in [0.05, 0.1) is 32.9 Å². The number of hydrogen-bond donors (Lipinski definition) is 1. The summed E-state index contributed by atoms with van der Waals surface area (Å²) < 4.78 is 30.4. The number of ether oxygens (including phenoxy) is 3. The van der Waals surface area contributed by atoms with Crippen molar-refractivity contribution in [1.29, 1.82) is 0 Å². The molecule has 7 heteroatoms. The molecule has 1 aliphatic heterocycles. The molecule has 0 radical (unpaired) electrons. The normalized spacial score (nSPS) is 17.3. The van der Waals surface area contributed by atoms with Gasteiger partial charge in [0.25, 0.3) is 0 Å². The number of benzene rings is 2. The van der Waals surface area contributed by atoms with Crippen LogP contribution in [0.3, 0.4) is 0 Å². The Hall–Kier alpha value is -2.80. The summed E-state index contributed by atoms with van der Waals surface area (Å²) in [5, 5.41) is 3.02. The maximum Gasteiger partial charge on any atom is 0.318 e. The molecular formula is C23H29FN2O4. The van der Waals surface area contributed by atoms with Gasteiger partial charge >= 0.3 is 6.03 Å². The Bertz CT molecular complexity index is 861. The minimum absolute atomic E-state index is 0.183. The number of halogens is 1. The average Bonchev–Trinajstić information content (AvgIpc) is 2.77. The predicted molar refractivity (Wildman–Crippen MR) is 112 cm³/mol. The van der Waals surface area contributed by atoms with E-state index in [0.717, 1.165) is 17.5 Å². The lowest BCUT2D eigenvalue weighted by molar-refractivity contribution is -0.0158. The fourth-order valence-electron chi connectivity index (χ4n) is 3.39. The molecule has 1 heterocycles. The molecule has 3 rings (SSSR count). The van der Waals surface area contributed by atoms with Crippen LogP contribution < -0.4 is 14.8 Å². The molecule has 2 aromatic carbocycles. The number of nitrogens with zero attached hydrogens (tertiary/aromatic N) is 1. The molecule has 162 valence electrons. The predicted octanol–water partition coefficient (Wildman–Crippen LogP) is 4.47. The summed E-state index contributed by atoms with van der Waals surface area (Å²) in [4.78, 5) is 14.5. The summed E-state index contributed by atoms with van der Waals surface area (Å²) in [6.45, 7) is 5.84. The van der Waals surface area contributed by atoms with Gasteiger partial charge in [-0.3, -0.25) is 0 Å². The first kappa shape index (κ1) is 21.9. The van der Waals surface area contributed by atoms with Crippen molar-refractivity contribution in [3.8, 4) is 11.5 Å². The van der Waals surface area contributed by atoms with Crippen LogP contribution in [-0.2, 0) is 4.74 Å². The minimum Gasteiger partial charge on any atom is -0.493 e. The Morgan fingerprint density at radius 3 is 2.87 bits per heavy atom. The van der Waals surface area contributed by atoms with Crippen molar-refractivity contribution in [2.45, 2.75) is 32.4 Å². The van der Waals surface area contributed by atoms with Gasteiger partial charge in [-0.15, -0.1) is 0 Å². The summed E-state index contributed by atoms with van der Waals surface area (Å²) in [6, 6.07) is 11.6. The van der Waals surface area contributed by atoms with E-state index in [4.69, 9.17) is 14.2 Å². The van der Waals surface area contributed by atoms with Crippen molar-refractivity contribution in [3.63, 3.8) is 0 Å². The van der Waals surface area contributed by atoms with Crippen molar-refractivity contribution in [2.75, 3.05) is 33.4 Å². The van der Waals surface area contributed by atoms with Gasteiger partial charge in [0.15, 0.2) is 11.5 Å². The maximum atomic E-state index is 13.5. The summed E-state index contributed by atoms with van der Waals surface area (Å²) in [5.41, 5.74) is 1.65. The molecule has 2 aromatic rings. The number of morpholine rings is 1. The van der Waals surface area contributed by atoms with Crippen molar-refractivity contribution in [2.24, 2.45) is 0 Å². The van der Waals surface area contributed by atoms with Crippen LogP contribution in [0, 0.1) is 5.82 Å². The van der Waals surface area contributed by atoms with Gasteiger partial charge in [-0.25, -0.2) is 9.18 Å². The number of methoxy groups -OCH3 is 1. The van der Waals surface area contributed by atoms with Crippen LogP contribution in [-0.4, -0.2) is 44.3 Å². The second-order valence-electron chi connectivity index (χ2n) is 7.29. The molecule has 2 atom stereocenters. The zero-order valence-electron chi connectivity index (χ0n) is 17.7. The summed E-state index contributed by atoms with van der Waals surface area (Å²) in [5.74, 6) is 1.01. The zero-order chi connectivity index (χ0) is 21.5. The molecule has 2 amide bonds. The van der Waals surface area contributed by atoms with E-state index in [1.54, 1.807) is 18.1 Å². The van der Waals surface area contributed by atoms with Crippen LogP contribution in [0.1, 0.15) is 43.5 Å². The lowest BCUT2D eigenvalue weighted by Crippen LogP contribution is -2.47. The Balaban J connectivity index is 1.63. The number of hydrogen-bond acceptors (Lipinski definition) is 4. The zero-order valence-corrected chi connectivity index (χ0v) is 17.7. The fourth-order valence-corrected chi connectivity index (χ4v) is 3.39. The van der Waals surface area contributed by atoms with Crippen molar-refractivity contribution in [3.05, 3.63) is 59.4 Å². The van der Waals surface area contributed by atoms with Crippen LogP contribution in [0.4, 0.5) is 9.18 Å². The molecule has 6 nitrogen and oxygen atoms in total. The van der Waals surface area contributed by atoms with Crippen molar-refractivity contribution in [1.82, 2.24) is 10.2 Å². The lowest BCUT2D eigenvalue weighted by atomic mass is 10.1. The number of amides is 2. The lowest BCUT2D eigenvalue weighted by Gasteiger charge is -2.34. The first-order valence-corrected chi connectivity index (χ1v) is 10.2. The molecular weight excluding hydrogens is 387 g/mol. The second kappa shape index (κ2) is 10.3. The Labute approximate surface area is 176 Å². The third-order valence-corrected chi connectivity index (χ3v) is 5.06. The van der Waals surface area contributed by atoms with Crippen molar-refractivity contribution >= 4 is 6.03 Å². The SMILES string of the molecule is CCCOc1ccc(C(C)NC(=O)N2CCOC(c3cccc(F)c3)C2)cc1OC. The van der Waals surface area contributed by atoms with E-state index in [1.165, 1.54) is 12.1 Å². The van der Waals surface area contributed by atoms with Gasteiger partial charge in [0.2, 0.25) is 0 Å². The van der Waals surface area contributed by atoms with Gasteiger partial charge in [-0.05, 0) is 48.7 Å². The highest BCUT2D eigenvalue weighted by Crippen LogP contribution is 2.30. The molecule has 0 aromatic heterocycles. The minimum atomic E-state index is -0.342. The molecule has 0 spiro atoms. The monoisotopic (exact) mass is 416 g/mol. The number of carbonyl (C=O) groups is 1.